The van der Waals surface area contributed by atoms with E-state index in [-0.39, 0.29) is 37.7 Å². The van der Waals surface area contributed by atoms with Crippen LogP contribution in [-0.4, -0.2) is 4.57 Å². The van der Waals surface area contributed by atoms with Crippen LogP contribution >= 0.6 is 0 Å². The molecule has 0 aliphatic carbocycles. The van der Waals surface area contributed by atoms with E-state index in [0.717, 1.165) is 0 Å². The molecule has 1 rings (SSSR count). The van der Waals surface area contributed by atoms with Crippen molar-refractivity contribution in [1.29, 1.82) is 0 Å². The van der Waals surface area contributed by atoms with Gasteiger partial charge in [0.25, 0.3) is 0 Å². The van der Waals surface area contributed by atoms with Gasteiger partial charge in [-0.25, -0.2) is 0 Å². The molecule has 32 valence electrons. The van der Waals surface area contributed by atoms with Crippen LogP contribution in [0.1, 0.15) is 0 Å². The predicted molar refractivity (Wildman–Crippen MR) is 23.1 cm³/mol. The van der Waals surface area contributed by atoms with E-state index in [1.165, 1.54) is 0 Å². The van der Waals surface area contributed by atoms with Crippen molar-refractivity contribution >= 4 is 0 Å². The summed E-state index contributed by atoms with van der Waals surface area (Å²) in [4.78, 5) is 0. The molecule has 0 fully saturated rings. The fraction of sp³-hybridized carbons (Fsp3) is 0.200. The van der Waals surface area contributed by atoms with Gasteiger partial charge in [0.15, 0.2) is 0 Å². The minimum absolute atomic E-state index is 0. The molecule has 1 aromatic rings. The van der Waals surface area contributed by atoms with E-state index in [9.17, 15) is 0 Å². The van der Waals surface area contributed by atoms with Crippen LogP contribution in [-0.2, 0) is 7.05 Å². The molecule has 1 heterocycles. The summed E-state index contributed by atoms with van der Waals surface area (Å²) in [5, 5.41) is 0. The van der Waals surface area contributed by atoms with Crippen molar-refractivity contribution in [2.45, 2.75) is 0 Å². The summed E-state index contributed by atoms with van der Waals surface area (Å²) in [5.74, 6) is 0. The summed E-state index contributed by atoms with van der Waals surface area (Å²) >= 11 is 0. The van der Waals surface area contributed by atoms with E-state index < -0.39 is 0 Å². The second-order valence-electron chi connectivity index (χ2n) is 1.15. The quantitative estimate of drug-likeness (QED) is 0.223. The summed E-state index contributed by atoms with van der Waals surface area (Å²) in [6, 6.07) is 3.64. The van der Waals surface area contributed by atoms with Crippen LogP contribution in [0.3, 0.4) is 0 Å². The third-order valence-electron chi connectivity index (χ3n) is 0.620. The van der Waals surface area contributed by atoms with Gasteiger partial charge < -0.3 is 22.9 Å². The summed E-state index contributed by atoms with van der Waals surface area (Å²) in [6.07, 6.45) is 5.72. The van der Waals surface area contributed by atoms with Crippen molar-refractivity contribution in [3.63, 3.8) is 0 Å². The molecule has 8 heavy (non-hydrogen) atoms. The number of aromatic nitrogens is 1. The molecule has 0 saturated heterocycles. The maximum Gasteiger partial charge on any atom is 1.00 e. The molecule has 0 N–H and O–H groups in total. The van der Waals surface area contributed by atoms with Crippen molar-refractivity contribution in [1.82, 2.24) is 4.57 Å². The fourth-order valence-electron chi connectivity index (χ4n) is 0.335. The molecule has 0 aromatic carbocycles. The Labute approximate surface area is 73.8 Å². The van der Waals surface area contributed by atoms with Gasteiger partial charge in [-0.2, -0.15) is 0 Å². The zero-order chi connectivity index (χ0) is 4.41. The molecular weight excluding hydrogens is 87.9 g/mol. The van der Waals surface area contributed by atoms with E-state index >= 15 is 0 Å². The van der Waals surface area contributed by atoms with Crippen LogP contribution in [0.5, 0.6) is 0 Å². The van der Waals surface area contributed by atoms with Crippen molar-refractivity contribution in [3.05, 3.63) is 24.5 Å². The molecule has 0 spiro atoms. The van der Waals surface area contributed by atoms with E-state index in [2.05, 4.69) is 12.4 Å². The van der Waals surface area contributed by atoms with E-state index in [4.69, 9.17) is 0 Å². The summed E-state index contributed by atoms with van der Waals surface area (Å²) in [6.45, 7) is 0. The third-order valence-corrected chi connectivity index (χ3v) is 0.620. The molecule has 0 unspecified atom stereocenters. The molecule has 0 saturated carbocycles. The Bertz CT molecular complexity index is 114. The first-order valence-corrected chi connectivity index (χ1v) is 1.81. The van der Waals surface area contributed by atoms with Gasteiger partial charge in [-0.1, -0.05) is 0 Å². The normalized spacial score (nSPS) is 6.62. The molecular formula is C5H5Li2N. The van der Waals surface area contributed by atoms with Gasteiger partial charge in [0.2, 0.25) is 0 Å². The number of hydrogen-bond donors (Lipinski definition) is 0. The van der Waals surface area contributed by atoms with Gasteiger partial charge in [-0.3, -0.25) is 6.20 Å². The summed E-state index contributed by atoms with van der Waals surface area (Å²) in [5.41, 5.74) is 0. The minimum Gasteiger partial charge on any atom is -0.611 e. The number of hydrogen-bond acceptors (Lipinski definition) is 0. The Hall–Kier alpha value is 0.475. The molecule has 0 aliphatic heterocycles. The van der Waals surface area contributed by atoms with Crippen LogP contribution in [0.25, 0.3) is 0 Å². The monoisotopic (exact) mass is 93.1 g/mol. The molecule has 0 amide bonds. The number of rotatable bonds is 0. The molecule has 0 radical (unpaired) electrons. The van der Waals surface area contributed by atoms with Crippen LogP contribution < -0.4 is 37.7 Å². The second-order valence-corrected chi connectivity index (χ2v) is 1.15. The molecule has 1 aromatic heterocycles. The van der Waals surface area contributed by atoms with Crippen molar-refractivity contribution in [3.8, 4) is 0 Å². The first-order valence-electron chi connectivity index (χ1n) is 1.81. The van der Waals surface area contributed by atoms with Gasteiger partial charge in [0.1, 0.15) is 0 Å². The largest absolute Gasteiger partial charge is 1.00 e. The Morgan fingerprint density at radius 2 is 1.50 bits per heavy atom. The zero-order valence-corrected chi connectivity index (χ0v) is 5.60. The van der Waals surface area contributed by atoms with Gasteiger partial charge in [0, 0.05) is 0 Å². The smallest absolute Gasteiger partial charge is 0.611 e. The minimum atomic E-state index is 0. The topological polar surface area (TPSA) is 4.93 Å². The van der Waals surface area contributed by atoms with Crippen LogP contribution in [0, 0.1) is 12.4 Å². The molecule has 1 nitrogen and oxygen atoms in total. The standard InChI is InChI=1S/C5H5N.2Li/c1-6-4-2-3-5-6;;/h2-3H,1H3;;/q-2;2*+1. The van der Waals surface area contributed by atoms with Crippen LogP contribution in [0.15, 0.2) is 12.1 Å². The summed E-state index contributed by atoms with van der Waals surface area (Å²) in [7, 11) is 1.89. The second kappa shape index (κ2) is 5.61. The van der Waals surface area contributed by atoms with Crippen molar-refractivity contribution < 1.29 is 37.7 Å². The Kier molecular flexibility index (Phi) is 7.92. The number of nitrogens with zero attached hydrogens (tertiary/aromatic N) is 1. The average Bonchev–Trinajstić information content (AvgIpc) is 1.86. The zero-order valence-electron chi connectivity index (χ0n) is 5.60. The maximum absolute atomic E-state index is 2.86. The Balaban J connectivity index is 0. The van der Waals surface area contributed by atoms with Gasteiger partial charge in [0.05, 0.1) is 0 Å². The molecule has 0 bridgehead atoms. The van der Waals surface area contributed by atoms with Gasteiger partial charge >= 0.3 is 37.7 Å². The first-order chi connectivity index (χ1) is 2.89. The fourth-order valence-corrected chi connectivity index (χ4v) is 0.335. The SMILES string of the molecule is Cn1[c-]cc[c-]1.[Li+].[Li+]. The number of aryl methyl sites for hydroxylation is 1. The Morgan fingerprint density at radius 1 is 1.12 bits per heavy atom. The first kappa shape index (κ1) is 11.3. The van der Waals surface area contributed by atoms with E-state index in [1.807, 2.05) is 19.2 Å². The van der Waals surface area contributed by atoms with E-state index in [1.54, 1.807) is 4.57 Å². The van der Waals surface area contributed by atoms with Crippen molar-refractivity contribution in [2.75, 3.05) is 0 Å². The molecule has 3 heteroatoms. The predicted octanol–water partition coefficient (Wildman–Crippen LogP) is -5.37. The van der Waals surface area contributed by atoms with Crippen LogP contribution in [0.4, 0.5) is 0 Å². The van der Waals surface area contributed by atoms with Crippen LogP contribution in [0.2, 0.25) is 0 Å². The third kappa shape index (κ3) is 3.47. The molecule has 0 atom stereocenters. The van der Waals surface area contributed by atoms with Crippen molar-refractivity contribution in [2.24, 2.45) is 7.05 Å². The van der Waals surface area contributed by atoms with Gasteiger partial charge in [-0.15, -0.1) is 0 Å². The van der Waals surface area contributed by atoms with Gasteiger partial charge in [-0.05, 0) is 7.05 Å². The Morgan fingerprint density at radius 3 is 1.62 bits per heavy atom. The average molecular weight is 93.0 g/mol. The maximum atomic E-state index is 2.86. The summed E-state index contributed by atoms with van der Waals surface area (Å²) < 4.78 is 1.75. The molecule has 0 aliphatic rings. The van der Waals surface area contributed by atoms with E-state index in [0.29, 0.717) is 0 Å².